The van der Waals surface area contributed by atoms with Gasteiger partial charge in [-0.2, -0.15) is 8.78 Å². The van der Waals surface area contributed by atoms with Crippen LogP contribution in [0.25, 0.3) is 0 Å². The van der Waals surface area contributed by atoms with Crippen molar-refractivity contribution >= 4 is 23.5 Å². The molecule has 0 saturated carbocycles. The van der Waals surface area contributed by atoms with Crippen molar-refractivity contribution in [3.05, 3.63) is 65.5 Å². The topological polar surface area (TPSA) is 93.8 Å². The molecule has 0 radical (unpaired) electrons. The van der Waals surface area contributed by atoms with Crippen LogP contribution < -0.4 is 16.2 Å². The molecule has 1 aliphatic rings. The second-order valence-electron chi connectivity index (χ2n) is 7.82. The van der Waals surface area contributed by atoms with Gasteiger partial charge < -0.3 is 10.2 Å². The number of amides is 4. The number of piperazine rings is 1. The van der Waals surface area contributed by atoms with Crippen LogP contribution in [-0.4, -0.2) is 66.3 Å². The van der Waals surface area contributed by atoms with Crippen molar-refractivity contribution in [3.63, 3.8) is 0 Å². The summed E-state index contributed by atoms with van der Waals surface area (Å²) < 4.78 is 37.6. The van der Waals surface area contributed by atoms with Crippen molar-refractivity contribution in [1.29, 1.82) is 0 Å². The van der Waals surface area contributed by atoms with E-state index in [9.17, 15) is 27.6 Å². The lowest BCUT2D eigenvalue weighted by Crippen LogP contribution is -2.56. The van der Waals surface area contributed by atoms with Gasteiger partial charge in [-0.25, -0.2) is 9.18 Å². The summed E-state index contributed by atoms with van der Waals surface area (Å²) in [6.45, 7) is 4.80. The van der Waals surface area contributed by atoms with Crippen LogP contribution in [0.4, 0.5) is 23.7 Å². The predicted octanol–water partition coefficient (Wildman–Crippen LogP) is 2.63. The van der Waals surface area contributed by atoms with Gasteiger partial charge in [-0.05, 0) is 54.9 Å². The molecule has 11 heteroatoms. The van der Waals surface area contributed by atoms with Gasteiger partial charge in [0, 0.05) is 30.9 Å². The number of hydrogen-bond donors (Lipinski definition) is 3. The first-order valence-electron chi connectivity index (χ1n) is 10.8. The molecule has 34 heavy (non-hydrogen) atoms. The Balaban J connectivity index is 1.65. The summed E-state index contributed by atoms with van der Waals surface area (Å²) in [5, 5.41) is 2.80. The zero-order chi connectivity index (χ0) is 24.7. The molecule has 1 aliphatic heterocycles. The third-order valence-electron chi connectivity index (χ3n) is 5.56. The number of rotatable bonds is 6. The quantitative estimate of drug-likeness (QED) is 0.558. The summed E-state index contributed by atoms with van der Waals surface area (Å²) in [5.74, 6) is -2.71. The molecule has 1 saturated heterocycles. The summed E-state index contributed by atoms with van der Waals surface area (Å²) in [6, 6.07) is 11.6. The van der Waals surface area contributed by atoms with Gasteiger partial charge >= 0.3 is 18.4 Å². The lowest BCUT2D eigenvalue weighted by Gasteiger charge is -2.41. The second-order valence-corrected chi connectivity index (χ2v) is 7.82. The number of alkyl halides is 2. The number of benzene rings is 2. The van der Waals surface area contributed by atoms with Crippen molar-refractivity contribution in [1.82, 2.24) is 20.7 Å². The number of anilines is 1. The number of carbonyl (C=O) groups is 3. The fraction of sp³-hybridized carbons (Fsp3) is 0.348. The van der Waals surface area contributed by atoms with Crippen LogP contribution in [0.5, 0.6) is 0 Å². The highest BCUT2D eigenvalue weighted by molar-refractivity contribution is 5.95. The van der Waals surface area contributed by atoms with Crippen LogP contribution in [0.15, 0.2) is 48.5 Å². The lowest BCUT2D eigenvalue weighted by atomic mass is 10.0. The Hall–Kier alpha value is -3.60. The van der Waals surface area contributed by atoms with E-state index < -0.39 is 18.2 Å². The number of halogens is 3. The Morgan fingerprint density at radius 2 is 1.68 bits per heavy atom. The van der Waals surface area contributed by atoms with Crippen LogP contribution >= 0.6 is 0 Å². The van der Waals surface area contributed by atoms with Gasteiger partial charge in [-0.1, -0.05) is 19.1 Å². The molecule has 1 heterocycles. The number of nitrogens with zero attached hydrogens (tertiary/aromatic N) is 2. The summed E-state index contributed by atoms with van der Waals surface area (Å²) in [7, 11) is 0. The van der Waals surface area contributed by atoms with E-state index in [-0.39, 0.29) is 23.5 Å². The Bertz CT molecular complexity index is 1000. The summed E-state index contributed by atoms with van der Waals surface area (Å²) >= 11 is 0. The fourth-order valence-electron chi connectivity index (χ4n) is 3.69. The number of carbonyl (C=O) groups excluding carboxylic acids is 3. The molecule has 0 spiro atoms. The van der Waals surface area contributed by atoms with E-state index in [0.29, 0.717) is 25.2 Å². The number of nitrogens with one attached hydrogen (secondary N) is 3. The normalized spacial score (nSPS) is 16.3. The molecule has 1 unspecified atom stereocenters. The third-order valence-corrected chi connectivity index (χ3v) is 5.56. The highest BCUT2D eigenvalue weighted by Crippen LogP contribution is 2.18. The monoisotopic (exact) mass is 477 g/mol. The van der Waals surface area contributed by atoms with Gasteiger partial charge in [0.1, 0.15) is 5.82 Å². The number of hydrogen-bond acceptors (Lipinski definition) is 4. The molecule has 0 bridgehead atoms. The minimum Gasteiger partial charge on any atom is -0.319 e. The van der Waals surface area contributed by atoms with Gasteiger partial charge in [-0.15, -0.1) is 0 Å². The van der Waals surface area contributed by atoms with Crippen LogP contribution in [0.1, 0.15) is 22.8 Å². The fourth-order valence-corrected chi connectivity index (χ4v) is 3.69. The molecule has 8 nitrogen and oxygen atoms in total. The highest BCUT2D eigenvalue weighted by Gasteiger charge is 2.30. The summed E-state index contributed by atoms with van der Waals surface area (Å²) in [6.07, 6.45) is -2.71. The van der Waals surface area contributed by atoms with E-state index in [1.54, 1.807) is 22.5 Å². The largest absolute Gasteiger partial charge is 0.322 e. The maximum absolute atomic E-state index is 13.2. The van der Waals surface area contributed by atoms with Crippen LogP contribution in [-0.2, 0) is 11.2 Å². The molecule has 0 aromatic heterocycles. The Kier molecular flexibility index (Phi) is 8.47. The molecular formula is C23H26F3N5O3. The first-order chi connectivity index (χ1) is 16.3. The van der Waals surface area contributed by atoms with Gasteiger partial charge in [0.05, 0.1) is 6.04 Å². The number of hydrazine groups is 1. The minimum atomic E-state index is -3.23. The number of urea groups is 1. The molecule has 182 valence electrons. The lowest BCUT2D eigenvalue weighted by molar-refractivity contribution is -0.132. The molecular weight excluding hydrogens is 451 g/mol. The molecule has 1 atom stereocenters. The first-order valence-corrected chi connectivity index (χ1v) is 10.8. The van der Waals surface area contributed by atoms with Crippen molar-refractivity contribution in [2.24, 2.45) is 0 Å². The van der Waals surface area contributed by atoms with Crippen molar-refractivity contribution in [3.8, 4) is 0 Å². The average molecular weight is 477 g/mol. The van der Waals surface area contributed by atoms with Crippen LogP contribution in [0.3, 0.4) is 0 Å². The maximum atomic E-state index is 13.2. The first kappa shape index (κ1) is 25.0. The van der Waals surface area contributed by atoms with Gasteiger partial charge in [0.15, 0.2) is 0 Å². The Morgan fingerprint density at radius 1 is 1.00 bits per heavy atom. The predicted molar refractivity (Wildman–Crippen MR) is 120 cm³/mol. The average Bonchev–Trinajstić information content (AvgIpc) is 2.84. The van der Waals surface area contributed by atoms with Crippen LogP contribution in [0, 0.1) is 5.82 Å². The van der Waals surface area contributed by atoms with Crippen molar-refractivity contribution < 1.29 is 27.6 Å². The van der Waals surface area contributed by atoms with Gasteiger partial charge in [-0.3, -0.25) is 25.3 Å². The molecule has 3 rings (SSSR count). The Morgan fingerprint density at radius 3 is 2.29 bits per heavy atom. The molecule has 1 fully saturated rings. The van der Waals surface area contributed by atoms with E-state index in [1.165, 1.54) is 36.4 Å². The van der Waals surface area contributed by atoms with E-state index in [0.717, 1.165) is 18.7 Å². The summed E-state index contributed by atoms with van der Waals surface area (Å²) in [4.78, 5) is 39.8. The molecule has 3 N–H and O–H groups in total. The standard InChI is InChI=1S/C23H26F3N5O3/c1-2-30-11-12-31(23(34)27-18-9-7-17(24)8-10-18)19(14-30)13-15-3-5-16(6-4-15)21(32)28-29-22(33)20(25)26/h3-10,19-20H,2,11-14H2,1H3,(H,27,34)(H,28,32)(H,29,33). The van der Waals surface area contributed by atoms with E-state index >= 15 is 0 Å². The third kappa shape index (κ3) is 6.70. The molecule has 0 aliphatic carbocycles. The molecule has 2 aromatic rings. The highest BCUT2D eigenvalue weighted by atomic mass is 19.3. The molecule has 4 amide bonds. The smallest absolute Gasteiger partial charge is 0.319 e. The SMILES string of the molecule is CCN1CCN(C(=O)Nc2ccc(F)cc2)C(Cc2ccc(C(=O)NNC(=O)C(F)F)cc2)C1. The van der Waals surface area contributed by atoms with Gasteiger partial charge in [0.25, 0.3) is 5.91 Å². The number of likely N-dealkylation sites (N-methyl/N-ethyl adjacent to an activating group) is 1. The van der Waals surface area contributed by atoms with Gasteiger partial charge in [0.2, 0.25) is 0 Å². The van der Waals surface area contributed by atoms with Crippen molar-refractivity contribution in [2.75, 3.05) is 31.5 Å². The zero-order valence-corrected chi connectivity index (χ0v) is 18.6. The summed E-state index contributed by atoms with van der Waals surface area (Å²) in [5.41, 5.74) is 5.13. The van der Waals surface area contributed by atoms with E-state index in [2.05, 4.69) is 10.2 Å². The minimum absolute atomic E-state index is 0.140. The van der Waals surface area contributed by atoms with E-state index in [4.69, 9.17) is 0 Å². The van der Waals surface area contributed by atoms with E-state index in [1.807, 2.05) is 12.3 Å². The zero-order valence-electron chi connectivity index (χ0n) is 18.6. The Labute approximate surface area is 195 Å². The molecule has 2 aromatic carbocycles. The van der Waals surface area contributed by atoms with Crippen molar-refractivity contribution in [2.45, 2.75) is 25.8 Å². The van der Waals surface area contributed by atoms with Crippen LogP contribution in [0.2, 0.25) is 0 Å². The maximum Gasteiger partial charge on any atom is 0.322 e. The second kappa shape index (κ2) is 11.5.